The third kappa shape index (κ3) is 5.15. The first-order valence-electron chi connectivity index (χ1n) is 10.1. The van der Waals surface area contributed by atoms with Crippen molar-refractivity contribution >= 4 is 15.9 Å². The van der Waals surface area contributed by atoms with Gasteiger partial charge in [-0.1, -0.05) is 24.3 Å². The Bertz CT molecular complexity index is 1290. The third-order valence-corrected chi connectivity index (χ3v) is 6.76. The molecule has 34 heavy (non-hydrogen) atoms. The van der Waals surface area contributed by atoms with E-state index >= 15 is 0 Å². The molecule has 178 valence electrons. The highest BCUT2D eigenvalue weighted by Crippen LogP contribution is 2.31. The number of halogens is 3. The molecule has 0 fully saturated rings. The van der Waals surface area contributed by atoms with Gasteiger partial charge in [-0.15, -0.1) is 0 Å². The summed E-state index contributed by atoms with van der Waals surface area (Å²) in [5, 5.41) is 2.45. The Balaban J connectivity index is 1.39. The number of hydrogen-bond donors (Lipinski definition) is 1. The molecule has 1 aliphatic rings. The van der Waals surface area contributed by atoms with Crippen LogP contribution in [0.25, 0.3) is 0 Å². The lowest BCUT2D eigenvalue weighted by atomic mass is 10.2. The smallest absolute Gasteiger partial charge is 0.416 e. The van der Waals surface area contributed by atoms with Crippen molar-refractivity contribution in [3.8, 4) is 11.5 Å². The molecule has 0 aliphatic carbocycles. The molecule has 2 heterocycles. The van der Waals surface area contributed by atoms with Crippen LogP contribution in [-0.2, 0) is 27.5 Å². The summed E-state index contributed by atoms with van der Waals surface area (Å²) < 4.78 is 75.2. The van der Waals surface area contributed by atoms with Gasteiger partial charge in [-0.2, -0.15) is 17.5 Å². The Hall–Kier alpha value is -3.57. The number of sulfonamides is 1. The molecule has 0 bridgehead atoms. The molecule has 0 saturated heterocycles. The lowest BCUT2D eigenvalue weighted by Gasteiger charge is -2.22. The molecular formula is C23H19F3N2O5S. The molecule has 4 rings (SSSR count). The van der Waals surface area contributed by atoms with Crippen molar-refractivity contribution in [1.82, 2.24) is 9.62 Å². The highest BCUT2D eigenvalue weighted by molar-refractivity contribution is 7.89. The van der Waals surface area contributed by atoms with Crippen molar-refractivity contribution in [3.05, 3.63) is 90.2 Å². The van der Waals surface area contributed by atoms with Gasteiger partial charge in [0.1, 0.15) is 17.5 Å². The second-order valence-corrected chi connectivity index (χ2v) is 9.19. The molecule has 1 atom stereocenters. The van der Waals surface area contributed by atoms with Crippen LogP contribution < -0.4 is 10.1 Å². The zero-order valence-corrected chi connectivity index (χ0v) is 18.3. The lowest BCUT2D eigenvalue weighted by molar-refractivity contribution is -0.137. The van der Waals surface area contributed by atoms with Crippen molar-refractivity contribution in [2.75, 3.05) is 6.54 Å². The van der Waals surface area contributed by atoms with Crippen LogP contribution in [0.5, 0.6) is 11.5 Å². The Morgan fingerprint density at radius 3 is 2.53 bits per heavy atom. The normalized spacial score (nSPS) is 16.5. The number of amides is 1. The number of rotatable bonds is 7. The predicted octanol–water partition coefficient (Wildman–Crippen LogP) is 4.34. The van der Waals surface area contributed by atoms with Gasteiger partial charge in [-0.05, 0) is 54.1 Å². The van der Waals surface area contributed by atoms with E-state index in [2.05, 4.69) is 5.32 Å². The molecule has 1 aliphatic heterocycles. The van der Waals surface area contributed by atoms with Crippen LogP contribution in [0.4, 0.5) is 13.2 Å². The maximum absolute atomic E-state index is 12.7. The van der Waals surface area contributed by atoms with E-state index in [-0.39, 0.29) is 23.9 Å². The molecule has 1 amide bonds. The number of furan rings is 1. The van der Waals surface area contributed by atoms with E-state index in [9.17, 15) is 26.4 Å². The van der Waals surface area contributed by atoms with Crippen molar-refractivity contribution in [2.24, 2.45) is 0 Å². The Labute approximate surface area is 193 Å². The standard InChI is InChI=1S/C23H19F3N2O5S/c24-23(25,26)17-8-10-18(11-9-17)33-19-5-1-4-16(14-19)15-27-22(29)20-6-2-12-28(20)34(30,31)21-7-3-13-32-21/h1-11,13-14,20H,12,15H2,(H,27,29)/t20-/m0/s1. The van der Waals surface area contributed by atoms with Crippen LogP contribution in [0.3, 0.4) is 0 Å². The predicted molar refractivity (Wildman–Crippen MR) is 115 cm³/mol. The number of carbonyl (C=O) groups is 1. The minimum Gasteiger partial charge on any atom is -0.457 e. The van der Waals surface area contributed by atoms with E-state index in [0.29, 0.717) is 11.3 Å². The van der Waals surface area contributed by atoms with Gasteiger partial charge in [0.15, 0.2) is 0 Å². The molecule has 1 aromatic heterocycles. The van der Waals surface area contributed by atoms with Gasteiger partial charge in [0.25, 0.3) is 10.0 Å². The molecule has 3 aromatic rings. The Morgan fingerprint density at radius 1 is 1.09 bits per heavy atom. The maximum Gasteiger partial charge on any atom is 0.416 e. The fourth-order valence-electron chi connectivity index (χ4n) is 3.36. The average Bonchev–Trinajstić information content (AvgIpc) is 3.50. The summed E-state index contributed by atoms with van der Waals surface area (Å²) in [6.45, 7) is 0.125. The number of hydrogen-bond acceptors (Lipinski definition) is 5. The van der Waals surface area contributed by atoms with Gasteiger partial charge in [0.2, 0.25) is 11.0 Å². The minimum absolute atomic E-state index is 0.0393. The van der Waals surface area contributed by atoms with Gasteiger partial charge in [0, 0.05) is 13.1 Å². The van der Waals surface area contributed by atoms with Crippen LogP contribution in [-0.4, -0.2) is 31.2 Å². The fraction of sp³-hybridized carbons (Fsp3) is 0.174. The largest absolute Gasteiger partial charge is 0.457 e. The van der Waals surface area contributed by atoms with Gasteiger partial charge < -0.3 is 14.5 Å². The number of nitrogens with one attached hydrogen (secondary N) is 1. The summed E-state index contributed by atoms with van der Waals surface area (Å²) in [4.78, 5) is 12.7. The number of carbonyl (C=O) groups excluding carboxylic acids is 1. The molecule has 1 N–H and O–H groups in total. The van der Waals surface area contributed by atoms with Crippen molar-refractivity contribution < 1.29 is 35.5 Å². The number of benzene rings is 2. The van der Waals surface area contributed by atoms with Crippen LogP contribution in [0, 0.1) is 0 Å². The maximum atomic E-state index is 12.7. The average molecular weight is 492 g/mol. The van der Waals surface area contributed by atoms with Gasteiger partial charge in [-0.3, -0.25) is 4.79 Å². The van der Waals surface area contributed by atoms with Gasteiger partial charge in [0.05, 0.1) is 11.8 Å². The zero-order chi connectivity index (χ0) is 24.3. The zero-order valence-electron chi connectivity index (χ0n) is 17.5. The molecule has 0 radical (unpaired) electrons. The molecular weight excluding hydrogens is 473 g/mol. The van der Waals surface area contributed by atoms with E-state index in [0.717, 1.165) is 16.4 Å². The first-order valence-corrected chi connectivity index (χ1v) is 11.5. The van der Waals surface area contributed by atoms with Crippen LogP contribution in [0.2, 0.25) is 0 Å². The van der Waals surface area contributed by atoms with Crippen molar-refractivity contribution in [2.45, 2.75) is 23.9 Å². The quantitative estimate of drug-likeness (QED) is 0.496. The van der Waals surface area contributed by atoms with E-state index in [1.54, 1.807) is 30.3 Å². The highest BCUT2D eigenvalue weighted by Gasteiger charge is 2.38. The summed E-state index contributed by atoms with van der Waals surface area (Å²) in [5.74, 6) is 0.0799. The summed E-state index contributed by atoms with van der Waals surface area (Å²) in [6, 6.07) is 12.7. The first-order chi connectivity index (χ1) is 16.1. The van der Waals surface area contributed by atoms with E-state index < -0.39 is 33.7 Å². The summed E-state index contributed by atoms with van der Waals surface area (Å²) in [6.07, 6.45) is -0.105. The van der Waals surface area contributed by atoms with Gasteiger partial charge in [-0.25, -0.2) is 8.42 Å². The van der Waals surface area contributed by atoms with E-state index in [4.69, 9.17) is 9.15 Å². The summed E-state index contributed by atoms with van der Waals surface area (Å²) in [7, 11) is -3.97. The van der Waals surface area contributed by atoms with E-state index in [1.807, 2.05) is 0 Å². The number of ether oxygens (including phenoxy) is 1. The minimum atomic E-state index is -4.43. The molecule has 0 unspecified atom stereocenters. The Morgan fingerprint density at radius 2 is 1.85 bits per heavy atom. The first kappa shape index (κ1) is 23.6. The van der Waals surface area contributed by atoms with Crippen molar-refractivity contribution in [3.63, 3.8) is 0 Å². The highest BCUT2D eigenvalue weighted by atomic mass is 32.2. The monoisotopic (exact) mass is 492 g/mol. The number of nitrogens with zero attached hydrogens (tertiary/aromatic N) is 1. The third-order valence-electron chi connectivity index (χ3n) is 5.02. The second kappa shape index (κ2) is 9.35. The molecule has 2 aromatic carbocycles. The fourth-order valence-corrected chi connectivity index (χ4v) is 4.76. The molecule has 0 spiro atoms. The van der Waals surface area contributed by atoms with Crippen LogP contribution in [0.1, 0.15) is 11.1 Å². The number of alkyl halides is 3. The summed E-state index contributed by atoms with van der Waals surface area (Å²) in [5.41, 5.74) is -0.124. The topological polar surface area (TPSA) is 88.9 Å². The lowest BCUT2D eigenvalue weighted by Crippen LogP contribution is -2.45. The molecule has 7 nitrogen and oxygen atoms in total. The second-order valence-electron chi connectivity index (χ2n) is 7.37. The summed E-state index contributed by atoms with van der Waals surface area (Å²) >= 11 is 0. The molecule has 0 saturated carbocycles. The van der Waals surface area contributed by atoms with Crippen molar-refractivity contribution in [1.29, 1.82) is 0 Å². The van der Waals surface area contributed by atoms with Gasteiger partial charge >= 0.3 is 6.18 Å². The van der Waals surface area contributed by atoms with Crippen LogP contribution in [0.15, 0.2) is 88.6 Å². The van der Waals surface area contributed by atoms with E-state index in [1.165, 1.54) is 36.6 Å². The SMILES string of the molecule is O=C(NCc1cccc(Oc2ccc(C(F)(F)F)cc2)c1)[C@@H]1C=CCN1S(=O)(=O)c1ccco1. The molecule has 11 heteroatoms. The van der Waals surface area contributed by atoms with Crippen LogP contribution >= 0.6 is 0 Å². The Kier molecular flexibility index (Phi) is 6.49.